The topological polar surface area (TPSA) is 76.1 Å². The molecule has 1 fully saturated rings. The molecule has 1 aliphatic rings. The number of nitrogens with one attached hydrogen (secondary N) is 2. The van der Waals surface area contributed by atoms with Gasteiger partial charge in [-0.2, -0.15) is 0 Å². The standard InChI is InChI=1S/C18H24N4O2S/c1-12(2)8-16-21-22-17(25-16)19-14-9-15(10-14)20-18(23)24-11-13-6-4-3-5-7-13/h3-7,12,14-15H,8-11H2,1-2H3,(H,19,22)(H,20,23). The van der Waals surface area contributed by atoms with Gasteiger partial charge < -0.3 is 15.4 Å². The summed E-state index contributed by atoms with van der Waals surface area (Å²) in [5, 5.41) is 16.6. The average molecular weight is 360 g/mol. The quantitative estimate of drug-likeness (QED) is 0.789. The fourth-order valence-electron chi connectivity index (χ4n) is 2.70. The second-order valence-corrected chi connectivity index (χ2v) is 7.88. The number of ether oxygens (including phenoxy) is 1. The lowest BCUT2D eigenvalue weighted by Gasteiger charge is -2.35. The van der Waals surface area contributed by atoms with Crippen molar-refractivity contribution in [2.75, 3.05) is 5.32 Å². The summed E-state index contributed by atoms with van der Waals surface area (Å²) in [5.41, 5.74) is 0.985. The molecule has 0 unspecified atom stereocenters. The van der Waals surface area contributed by atoms with E-state index in [2.05, 4.69) is 34.7 Å². The molecule has 1 saturated carbocycles. The predicted octanol–water partition coefficient (Wildman–Crippen LogP) is 3.61. The molecule has 0 radical (unpaired) electrons. The van der Waals surface area contributed by atoms with Crippen molar-refractivity contribution in [1.29, 1.82) is 0 Å². The van der Waals surface area contributed by atoms with Gasteiger partial charge in [0.1, 0.15) is 11.6 Å². The molecule has 6 nitrogen and oxygen atoms in total. The molecule has 0 bridgehead atoms. The van der Waals surface area contributed by atoms with Gasteiger partial charge in [-0.15, -0.1) is 10.2 Å². The smallest absolute Gasteiger partial charge is 0.407 e. The molecule has 2 N–H and O–H groups in total. The largest absolute Gasteiger partial charge is 0.445 e. The summed E-state index contributed by atoms with van der Waals surface area (Å²) >= 11 is 1.61. The van der Waals surface area contributed by atoms with E-state index in [4.69, 9.17) is 4.74 Å². The lowest BCUT2D eigenvalue weighted by atomic mass is 9.87. The highest BCUT2D eigenvalue weighted by Crippen LogP contribution is 2.26. The first-order valence-corrected chi connectivity index (χ1v) is 9.46. The second-order valence-electron chi connectivity index (χ2n) is 6.81. The van der Waals surface area contributed by atoms with Gasteiger partial charge in [-0.3, -0.25) is 0 Å². The molecule has 1 aromatic carbocycles. The number of aromatic nitrogens is 2. The molecule has 134 valence electrons. The average Bonchev–Trinajstić information content (AvgIpc) is 2.98. The van der Waals surface area contributed by atoms with E-state index >= 15 is 0 Å². The van der Waals surface area contributed by atoms with Crippen LogP contribution in [-0.2, 0) is 17.8 Å². The molecular weight excluding hydrogens is 336 g/mol. The van der Waals surface area contributed by atoms with Crippen LogP contribution in [-0.4, -0.2) is 28.4 Å². The van der Waals surface area contributed by atoms with Gasteiger partial charge in [0.25, 0.3) is 0 Å². The fourth-order valence-corrected chi connectivity index (χ4v) is 3.73. The number of carbonyl (C=O) groups is 1. The van der Waals surface area contributed by atoms with Crippen molar-refractivity contribution in [3.8, 4) is 0 Å². The predicted molar refractivity (Wildman–Crippen MR) is 98.6 cm³/mol. The van der Waals surface area contributed by atoms with Crippen LogP contribution in [0.3, 0.4) is 0 Å². The maximum absolute atomic E-state index is 11.8. The molecule has 1 heterocycles. The number of amides is 1. The van der Waals surface area contributed by atoms with Crippen molar-refractivity contribution in [2.24, 2.45) is 5.92 Å². The molecule has 0 aliphatic heterocycles. The van der Waals surface area contributed by atoms with Crippen LogP contribution in [0.1, 0.15) is 37.3 Å². The van der Waals surface area contributed by atoms with Gasteiger partial charge in [-0.1, -0.05) is 55.5 Å². The van der Waals surface area contributed by atoms with E-state index in [1.54, 1.807) is 11.3 Å². The third kappa shape index (κ3) is 5.42. The van der Waals surface area contributed by atoms with Crippen LogP contribution in [0.4, 0.5) is 9.93 Å². The van der Waals surface area contributed by atoms with Crippen LogP contribution in [0.2, 0.25) is 0 Å². The lowest BCUT2D eigenvalue weighted by Crippen LogP contribution is -2.49. The summed E-state index contributed by atoms with van der Waals surface area (Å²) in [6.07, 6.45) is 2.35. The Morgan fingerprint density at radius 3 is 2.72 bits per heavy atom. The minimum Gasteiger partial charge on any atom is -0.445 e. The number of rotatable bonds is 7. The van der Waals surface area contributed by atoms with Gasteiger partial charge in [-0.05, 0) is 24.3 Å². The van der Waals surface area contributed by atoms with E-state index in [1.165, 1.54) is 0 Å². The minimum absolute atomic E-state index is 0.156. The van der Waals surface area contributed by atoms with Crippen LogP contribution in [0.25, 0.3) is 0 Å². The van der Waals surface area contributed by atoms with Crippen molar-refractivity contribution in [1.82, 2.24) is 15.5 Å². The van der Waals surface area contributed by atoms with E-state index in [0.717, 1.165) is 35.0 Å². The summed E-state index contributed by atoms with van der Waals surface area (Å²) in [5.74, 6) is 0.583. The third-order valence-electron chi connectivity index (χ3n) is 4.05. The van der Waals surface area contributed by atoms with Gasteiger partial charge in [-0.25, -0.2) is 4.79 Å². The van der Waals surface area contributed by atoms with Gasteiger partial charge in [0.05, 0.1) is 0 Å². The Kier molecular flexibility index (Phi) is 5.86. The molecule has 0 atom stereocenters. The van der Waals surface area contributed by atoms with Crippen molar-refractivity contribution in [2.45, 2.75) is 51.8 Å². The molecule has 7 heteroatoms. The van der Waals surface area contributed by atoms with Gasteiger partial charge >= 0.3 is 6.09 Å². The van der Waals surface area contributed by atoms with Crippen molar-refractivity contribution in [3.63, 3.8) is 0 Å². The minimum atomic E-state index is -0.359. The molecule has 0 spiro atoms. The molecule has 1 amide bonds. The Morgan fingerprint density at radius 2 is 2.00 bits per heavy atom. The van der Waals surface area contributed by atoms with Crippen LogP contribution in [0, 0.1) is 5.92 Å². The number of nitrogens with zero attached hydrogens (tertiary/aromatic N) is 2. The van der Waals surface area contributed by atoms with Gasteiger partial charge in [0, 0.05) is 18.5 Å². The van der Waals surface area contributed by atoms with E-state index in [0.29, 0.717) is 18.6 Å². The molecule has 1 aromatic heterocycles. The van der Waals surface area contributed by atoms with Gasteiger partial charge in [0.2, 0.25) is 5.13 Å². The van der Waals surface area contributed by atoms with Crippen molar-refractivity contribution >= 4 is 22.6 Å². The molecular formula is C18H24N4O2S. The highest BCUT2D eigenvalue weighted by Gasteiger charge is 2.31. The zero-order valence-electron chi connectivity index (χ0n) is 14.6. The highest BCUT2D eigenvalue weighted by atomic mass is 32.1. The number of anilines is 1. The Hall–Kier alpha value is -2.15. The Labute approximate surface area is 152 Å². The SMILES string of the molecule is CC(C)Cc1nnc(NC2CC(NC(=O)OCc3ccccc3)C2)s1. The molecule has 0 saturated heterocycles. The van der Waals surface area contributed by atoms with E-state index in [1.807, 2.05) is 30.3 Å². The van der Waals surface area contributed by atoms with E-state index in [-0.39, 0.29) is 12.1 Å². The van der Waals surface area contributed by atoms with Crippen molar-refractivity contribution < 1.29 is 9.53 Å². The van der Waals surface area contributed by atoms with Crippen molar-refractivity contribution in [3.05, 3.63) is 40.9 Å². The maximum atomic E-state index is 11.8. The van der Waals surface area contributed by atoms with Gasteiger partial charge in [0.15, 0.2) is 0 Å². The highest BCUT2D eigenvalue weighted by molar-refractivity contribution is 7.15. The second kappa shape index (κ2) is 8.29. The summed E-state index contributed by atoms with van der Waals surface area (Å²) in [6.45, 7) is 4.64. The first-order valence-electron chi connectivity index (χ1n) is 8.64. The number of carbonyl (C=O) groups excluding carboxylic acids is 1. The van der Waals surface area contributed by atoms with E-state index < -0.39 is 0 Å². The Balaban J connectivity index is 1.34. The number of alkyl carbamates (subject to hydrolysis) is 1. The zero-order valence-corrected chi connectivity index (χ0v) is 15.4. The Bertz CT molecular complexity index is 683. The summed E-state index contributed by atoms with van der Waals surface area (Å²) in [7, 11) is 0. The van der Waals surface area contributed by atoms with Crippen LogP contribution >= 0.6 is 11.3 Å². The van der Waals surface area contributed by atoms with Crippen LogP contribution in [0.15, 0.2) is 30.3 Å². The molecule has 3 rings (SSSR count). The maximum Gasteiger partial charge on any atom is 0.407 e. The molecule has 25 heavy (non-hydrogen) atoms. The first-order chi connectivity index (χ1) is 12.1. The lowest BCUT2D eigenvalue weighted by molar-refractivity contribution is 0.129. The number of hydrogen-bond acceptors (Lipinski definition) is 6. The zero-order chi connectivity index (χ0) is 17.6. The monoisotopic (exact) mass is 360 g/mol. The van der Waals surface area contributed by atoms with E-state index in [9.17, 15) is 4.79 Å². The molecule has 2 aromatic rings. The first kappa shape index (κ1) is 17.7. The fraction of sp³-hybridized carbons (Fsp3) is 0.500. The molecule has 1 aliphatic carbocycles. The number of benzene rings is 1. The summed E-state index contributed by atoms with van der Waals surface area (Å²) < 4.78 is 5.24. The third-order valence-corrected chi connectivity index (χ3v) is 4.93. The Morgan fingerprint density at radius 1 is 1.24 bits per heavy atom. The normalized spacial score (nSPS) is 19.3. The summed E-state index contributed by atoms with van der Waals surface area (Å²) in [6, 6.07) is 10.2. The number of hydrogen-bond donors (Lipinski definition) is 2. The van der Waals surface area contributed by atoms with Crippen LogP contribution in [0.5, 0.6) is 0 Å². The van der Waals surface area contributed by atoms with Crippen LogP contribution < -0.4 is 10.6 Å². The summed E-state index contributed by atoms with van der Waals surface area (Å²) in [4.78, 5) is 11.8.